The molecule has 1 N–H and O–H groups in total. The van der Waals surface area contributed by atoms with Gasteiger partial charge in [0.05, 0.1) is 11.5 Å². The van der Waals surface area contributed by atoms with Crippen molar-refractivity contribution in [2.75, 3.05) is 11.5 Å². The van der Waals surface area contributed by atoms with E-state index < -0.39 is 9.84 Å². The Morgan fingerprint density at radius 2 is 1.83 bits per heavy atom. The highest BCUT2D eigenvalue weighted by molar-refractivity contribution is 7.91. The van der Waals surface area contributed by atoms with Gasteiger partial charge in [0.2, 0.25) is 0 Å². The van der Waals surface area contributed by atoms with Gasteiger partial charge in [0.1, 0.15) is 11.9 Å². The summed E-state index contributed by atoms with van der Waals surface area (Å²) in [7, 11) is -2.81. The average molecular weight is 267 g/mol. The third-order valence-electron chi connectivity index (χ3n) is 3.61. The molecule has 0 aromatic heterocycles. The van der Waals surface area contributed by atoms with Crippen molar-refractivity contribution in [1.82, 2.24) is 5.32 Å². The van der Waals surface area contributed by atoms with Gasteiger partial charge in [-0.2, -0.15) is 0 Å². The first kappa shape index (κ1) is 12.0. The summed E-state index contributed by atoms with van der Waals surface area (Å²) in [5, 5.41) is 3.29. The van der Waals surface area contributed by atoms with Crippen LogP contribution >= 0.6 is 0 Å². The van der Waals surface area contributed by atoms with Crippen LogP contribution in [0.3, 0.4) is 0 Å². The number of sulfone groups is 1. The van der Waals surface area contributed by atoms with E-state index in [1.165, 1.54) is 11.1 Å². The maximum absolute atomic E-state index is 11.3. The molecule has 0 bridgehead atoms. The SMILES string of the molecule is O=S1(=O)CCC(Oc2ccc3c(c2)CNC3)CC1. The largest absolute Gasteiger partial charge is 0.490 e. The Morgan fingerprint density at radius 1 is 1.11 bits per heavy atom. The van der Waals surface area contributed by atoms with E-state index in [1.54, 1.807) is 0 Å². The van der Waals surface area contributed by atoms with Gasteiger partial charge < -0.3 is 10.1 Å². The lowest BCUT2D eigenvalue weighted by molar-refractivity contribution is 0.189. The third-order valence-corrected chi connectivity index (χ3v) is 5.33. The van der Waals surface area contributed by atoms with Crippen molar-refractivity contribution in [3.63, 3.8) is 0 Å². The third kappa shape index (κ3) is 2.52. The van der Waals surface area contributed by atoms with Crippen molar-refractivity contribution >= 4 is 9.84 Å². The van der Waals surface area contributed by atoms with Crippen molar-refractivity contribution in [3.05, 3.63) is 29.3 Å². The van der Waals surface area contributed by atoms with Gasteiger partial charge in [0, 0.05) is 13.1 Å². The minimum Gasteiger partial charge on any atom is -0.490 e. The maximum atomic E-state index is 11.3. The van der Waals surface area contributed by atoms with Crippen LogP contribution in [0.15, 0.2) is 18.2 Å². The van der Waals surface area contributed by atoms with Crippen molar-refractivity contribution < 1.29 is 13.2 Å². The van der Waals surface area contributed by atoms with Crippen LogP contribution < -0.4 is 10.1 Å². The molecule has 2 aliphatic rings. The molecule has 2 heterocycles. The molecule has 0 aliphatic carbocycles. The molecule has 0 amide bonds. The first-order valence-corrected chi connectivity index (χ1v) is 8.14. The van der Waals surface area contributed by atoms with Crippen LogP contribution in [0.1, 0.15) is 24.0 Å². The van der Waals surface area contributed by atoms with Crippen molar-refractivity contribution in [3.8, 4) is 5.75 Å². The van der Waals surface area contributed by atoms with Gasteiger partial charge in [0.15, 0.2) is 9.84 Å². The van der Waals surface area contributed by atoms with Crippen LogP contribution in [-0.4, -0.2) is 26.0 Å². The fourth-order valence-corrected chi connectivity index (χ4v) is 3.97. The molecule has 0 atom stereocenters. The summed E-state index contributed by atoms with van der Waals surface area (Å²) in [5.41, 5.74) is 2.62. The molecule has 0 radical (unpaired) electrons. The number of hydrogen-bond donors (Lipinski definition) is 1. The number of ether oxygens (including phenoxy) is 1. The van der Waals surface area contributed by atoms with E-state index >= 15 is 0 Å². The zero-order valence-electron chi connectivity index (χ0n) is 10.2. The predicted octanol–water partition coefficient (Wildman–Crippen LogP) is 1.25. The lowest BCUT2D eigenvalue weighted by Crippen LogP contribution is -2.30. The highest BCUT2D eigenvalue weighted by Gasteiger charge is 2.25. The van der Waals surface area contributed by atoms with E-state index in [9.17, 15) is 8.42 Å². The van der Waals surface area contributed by atoms with Crippen LogP contribution in [0, 0.1) is 0 Å². The molecular weight excluding hydrogens is 250 g/mol. The van der Waals surface area contributed by atoms with Crippen LogP contribution in [0.5, 0.6) is 5.75 Å². The topological polar surface area (TPSA) is 55.4 Å². The number of hydrogen-bond acceptors (Lipinski definition) is 4. The van der Waals surface area contributed by atoms with E-state index in [2.05, 4.69) is 17.4 Å². The lowest BCUT2D eigenvalue weighted by Gasteiger charge is -2.23. The Hall–Kier alpha value is -1.07. The number of benzene rings is 1. The molecule has 3 rings (SSSR count). The molecule has 1 fully saturated rings. The van der Waals surface area contributed by atoms with Crippen LogP contribution in [-0.2, 0) is 22.9 Å². The summed E-state index contributed by atoms with van der Waals surface area (Å²) in [6.45, 7) is 1.82. The Bertz CT molecular complexity index is 539. The van der Waals surface area contributed by atoms with Crippen molar-refractivity contribution in [1.29, 1.82) is 0 Å². The van der Waals surface area contributed by atoms with E-state index in [4.69, 9.17) is 4.74 Å². The lowest BCUT2D eigenvalue weighted by atomic mass is 10.1. The Labute approximate surface area is 107 Å². The first-order chi connectivity index (χ1) is 8.62. The molecule has 4 nitrogen and oxygen atoms in total. The number of fused-ring (bicyclic) bond motifs is 1. The minimum absolute atomic E-state index is 0.0425. The first-order valence-electron chi connectivity index (χ1n) is 6.32. The fourth-order valence-electron chi connectivity index (χ4n) is 2.52. The van der Waals surface area contributed by atoms with Crippen molar-refractivity contribution in [2.45, 2.75) is 32.0 Å². The predicted molar refractivity (Wildman–Crippen MR) is 69.3 cm³/mol. The summed E-state index contributed by atoms with van der Waals surface area (Å²) in [6, 6.07) is 6.14. The van der Waals surface area contributed by atoms with Crippen LogP contribution in [0.4, 0.5) is 0 Å². The molecule has 0 unspecified atom stereocenters. The number of nitrogens with one attached hydrogen (secondary N) is 1. The summed E-state index contributed by atoms with van der Waals surface area (Å²) in [5.74, 6) is 1.37. The second-order valence-electron chi connectivity index (χ2n) is 5.00. The second-order valence-corrected chi connectivity index (χ2v) is 7.31. The monoisotopic (exact) mass is 267 g/mol. The van der Waals surface area contributed by atoms with E-state index in [0.29, 0.717) is 12.8 Å². The maximum Gasteiger partial charge on any atom is 0.150 e. The van der Waals surface area contributed by atoms with Crippen molar-refractivity contribution in [2.24, 2.45) is 0 Å². The molecule has 1 aromatic carbocycles. The molecular formula is C13H17NO3S. The average Bonchev–Trinajstić information content (AvgIpc) is 2.79. The van der Waals surface area contributed by atoms with Gasteiger partial charge in [-0.05, 0) is 36.1 Å². The van der Waals surface area contributed by atoms with E-state index in [0.717, 1.165) is 18.8 Å². The zero-order valence-corrected chi connectivity index (χ0v) is 11.0. The van der Waals surface area contributed by atoms with Gasteiger partial charge in [-0.15, -0.1) is 0 Å². The Balaban J connectivity index is 1.67. The summed E-state index contributed by atoms with van der Waals surface area (Å²) >= 11 is 0. The molecule has 5 heteroatoms. The molecule has 0 saturated carbocycles. The normalized spacial score (nSPS) is 22.7. The molecule has 1 aromatic rings. The van der Waals surface area contributed by atoms with Gasteiger partial charge in [-0.25, -0.2) is 8.42 Å². The van der Waals surface area contributed by atoms with Gasteiger partial charge in [-0.1, -0.05) is 6.07 Å². The number of rotatable bonds is 2. The zero-order chi connectivity index (χ0) is 12.6. The highest BCUT2D eigenvalue weighted by atomic mass is 32.2. The smallest absolute Gasteiger partial charge is 0.150 e. The molecule has 98 valence electrons. The molecule has 0 spiro atoms. The standard InChI is InChI=1S/C13H17NO3S/c15-18(16)5-3-12(4-6-18)17-13-2-1-10-8-14-9-11(10)7-13/h1-2,7,12,14H,3-6,8-9H2. The van der Waals surface area contributed by atoms with E-state index in [1.807, 2.05) is 6.07 Å². The van der Waals surface area contributed by atoms with E-state index in [-0.39, 0.29) is 17.6 Å². The van der Waals surface area contributed by atoms with Crippen LogP contribution in [0.25, 0.3) is 0 Å². The van der Waals surface area contributed by atoms with Gasteiger partial charge in [-0.3, -0.25) is 0 Å². The second kappa shape index (κ2) is 4.55. The Morgan fingerprint density at radius 3 is 2.61 bits per heavy atom. The quantitative estimate of drug-likeness (QED) is 0.876. The summed E-state index contributed by atoms with van der Waals surface area (Å²) in [6.07, 6.45) is 1.26. The Kier molecular flexibility index (Phi) is 3.03. The van der Waals surface area contributed by atoms with Crippen LogP contribution in [0.2, 0.25) is 0 Å². The molecule has 1 saturated heterocycles. The van der Waals surface area contributed by atoms with Gasteiger partial charge in [0.25, 0.3) is 0 Å². The highest BCUT2D eigenvalue weighted by Crippen LogP contribution is 2.24. The van der Waals surface area contributed by atoms with Gasteiger partial charge >= 0.3 is 0 Å². The summed E-state index contributed by atoms with van der Waals surface area (Å²) < 4.78 is 28.6. The fraction of sp³-hybridized carbons (Fsp3) is 0.538. The molecule has 18 heavy (non-hydrogen) atoms. The summed E-state index contributed by atoms with van der Waals surface area (Å²) in [4.78, 5) is 0. The molecule has 2 aliphatic heterocycles. The minimum atomic E-state index is -2.81.